The molecule has 0 saturated carbocycles. The third-order valence-corrected chi connectivity index (χ3v) is 2.20. The van der Waals surface area contributed by atoms with Crippen LogP contribution in [0.1, 0.15) is 26.3 Å². The summed E-state index contributed by atoms with van der Waals surface area (Å²) in [5.41, 5.74) is 0.507. The summed E-state index contributed by atoms with van der Waals surface area (Å²) in [6.45, 7) is 12.6. The molecule has 1 aromatic carbocycles. The molecule has 0 radical (unpaired) electrons. The number of carbonyl (C=O) groups excluding carboxylic acids is 1. The van der Waals surface area contributed by atoms with Gasteiger partial charge in [0.1, 0.15) is 17.3 Å². The molecule has 4 nitrogen and oxygen atoms in total. The number of rotatable bonds is 4. The fraction of sp³-hybridized carbons (Fsp3) is 0.429. The standard InChI is InChI=1S/C14H17NO3.K/c1-14(2,3)18-11-7-5-10(6-8-11)9-12(15-4)13(16)17;/h5-8,12H,9H2,1-3H3,(H,16,17);/q;+1/p-1. The largest absolute Gasteiger partial charge is 1.00 e. The van der Waals surface area contributed by atoms with E-state index in [2.05, 4.69) is 4.85 Å². The van der Waals surface area contributed by atoms with E-state index in [-0.39, 0.29) is 63.4 Å². The second kappa shape index (κ2) is 8.03. The van der Waals surface area contributed by atoms with Gasteiger partial charge in [-0.05, 0) is 38.5 Å². The van der Waals surface area contributed by atoms with E-state index in [1.807, 2.05) is 20.8 Å². The SMILES string of the molecule is [C-]#[N+]C(Cc1ccc(OC(C)(C)C)cc1)C(=O)[O-].[K+]. The molecule has 0 aliphatic heterocycles. The normalized spacial score (nSPS) is 11.9. The van der Waals surface area contributed by atoms with E-state index in [4.69, 9.17) is 11.3 Å². The number of hydrogen-bond acceptors (Lipinski definition) is 3. The molecule has 0 N–H and O–H groups in total. The fourth-order valence-corrected chi connectivity index (χ4v) is 1.45. The molecule has 19 heavy (non-hydrogen) atoms. The molecule has 96 valence electrons. The molecule has 0 bridgehead atoms. The van der Waals surface area contributed by atoms with E-state index < -0.39 is 12.0 Å². The summed E-state index contributed by atoms with van der Waals surface area (Å²) in [4.78, 5) is 13.7. The quantitative estimate of drug-likeness (QED) is 0.497. The maximum absolute atomic E-state index is 10.6. The molecule has 1 unspecified atom stereocenters. The van der Waals surface area contributed by atoms with Gasteiger partial charge >= 0.3 is 51.4 Å². The van der Waals surface area contributed by atoms with E-state index >= 15 is 0 Å². The van der Waals surface area contributed by atoms with Gasteiger partial charge in [0, 0.05) is 0 Å². The van der Waals surface area contributed by atoms with Crippen molar-refractivity contribution in [3.63, 3.8) is 0 Å². The molecule has 1 atom stereocenters. The fourth-order valence-electron chi connectivity index (χ4n) is 1.45. The number of hydrogen-bond donors (Lipinski definition) is 0. The van der Waals surface area contributed by atoms with Crippen molar-refractivity contribution in [2.75, 3.05) is 0 Å². The average Bonchev–Trinajstić information content (AvgIpc) is 2.25. The van der Waals surface area contributed by atoms with Crippen LogP contribution in [-0.2, 0) is 11.2 Å². The van der Waals surface area contributed by atoms with Crippen LogP contribution in [0.5, 0.6) is 5.75 Å². The molecule has 1 rings (SSSR count). The molecule has 0 amide bonds. The topological polar surface area (TPSA) is 53.7 Å². The summed E-state index contributed by atoms with van der Waals surface area (Å²) in [6, 6.07) is 5.96. The van der Waals surface area contributed by atoms with Gasteiger partial charge in [0.2, 0.25) is 0 Å². The van der Waals surface area contributed by atoms with Crippen molar-refractivity contribution in [3.05, 3.63) is 41.2 Å². The Morgan fingerprint density at radius 2 is 1.89 bits per heavy atom. The Hall–Kier alpha value is -0.384. The summed E-state index contributed by atoms with van der Waals surface area (Å²) in [5.74, 6) is -0.612. The maximum atomic E-state index is 10.6. The minimum atomic E-state index is -1.33. The van der Waals surface area contributed by atoms with Crippen LogP contribution in [0.3, 0.4) is 0 Å². The van der Waals surface area contributed by atoms with E-state index in [1.165, 1.54) is 0 Å². The zero-order chi connectivity index (χ0) is 13.8. The molecule has 0 spiro atoms. The van der Waals surface area contributed by atoms with Gasteiger partial charge in [0.15, 0.2) is 0 Å². The van der Waals surface area contributed by atoms with E-state index in [1.54, 1.807) is 24.3 Å². The monoisotopic (exact) mass is 285 g/mol. The van der Waals surface area contributed by atoms with Gasteiger partial charge in [-0.25, -0.2) is 6.57 Å². The zero-order valence-electron chi connectivity index (χ0n) is 11.8. The maximum Gasteiger partial charge on any atom is 1.00 e. The number of nitrogens with zero attached hydrogens (tertiary/aromatic N) is 1. The third-order valence-electron chi connectivity index (χ3n) is 2.20. The van der Waals surface area contributed by atoms with Crippen molar-refractivity contribution >= 4 is 5.97 Å². The smallest absolute Gasteiger partial charge is 0.543 e. The van der Waals surface area contributed by atoms with Crippen LogP contribution in [0.2, 0.25) is 0 Å². The van der Waals surface area contributed by atoms with Crippen LogP contribution >= 0.6 is 0 Å². The molecule has 0 aliphatic carbocycles. The van der Waals surface area contributed by atoms with E-state index in [9.17, 15) is 9.90 Å². The molecule has 0 saturated heterocycles. The molecule has 0 aliphatic rings. The van der Waals surface area contributed by atoms with Crippen molar-refractivity contribution in [2.45, 2.75) is 38.8 Å². The summed E-state index contributed by atoms with van der Waals surface area (Å²) in [7, 11) is 0. The molecule has 0 fully saturated rings. The zero-order valence-corrected chi connectivity index (χ0v) is 14.9. The minimum Gasteiger partial charge on any atom is -0.543 e. The Labute approximate surface area is 156 Å². The van der Waals surface area contributed by atoms with Gasteiger partial charge in [-0.3, -0.25) is 0 Å². The predicted molar refractivity (Wildman–Crippen MR) is 65.9 cm³/mol. The van der Waals surface area contributed by atoms with Crippen LogP contribution in [-0.4, -0.2) is 17.6 Å². The van der Waals surface area contributed by atoms with Gasteiger partial charge in [0.05, 0.1) is 6.42 Å². The summed E-state index contributed by atoms with van der Waals surface area (Å²) >= 11 is 0. The van der Waals surface area contributed by atoms with E-state index in [0.717, 1.165) is 11.3 Å². The van der Waals surface area contributed by atoms with Crippen LogP contribution in [0, 0.1) is 6.57 Å². The predicted octanol–water partition coefficient (Wildman–Crippen LogP) is -1.55. The number of benzene rings is 1. The van der Waals surface area contributed by atoms with Crippen LogP contribution in [0.15, 0.2) is 24.3 Å². The second-order valence-electron chi connectivity index (χ2n) is 5.03. The summed E-state index contributed by atoms with van der Waals surface area (Å²) < 4.78 is 5.65. The number of carboxylic acids is 1. The van der Waals surface area contributed by atoms with Gasteiger partial charge < -0.3 is 19.5 Å². The second-order valence-corrected chi connectivity index (χ2v) is 5.03. The number of carbonyl (C=O) groups is 1. The first-order valence-electron chi connectivity index (χ1n) is 5.67. The number of carboxylic acid groups (broad SMARTS) is 1. The first-order valence-corrected chi connectivity index (χ1v) is 5.67. The van der Waals surface area contributed by atoms with Crippen molar-refractivity contribution in [3.8, 4) is 5.75 Å². The Morgan fingerprint density at radius 3 is 2.26 bits per heavy atom. The van der Waals surface area contributed by atoms with Crippen molar-refractivity contribution < 1.29 is 66.0 Å². The Bertz CT molecular complexity index is 457. The van der Waals surface area contributed by atoms with Crippen LogP contribution in [0.4, 0.5) is 0 Å². The van der Waals surface area contributed by atoms with Crippen molar-refractivity contribution in [1.29, 1.82) is 0 Å². The van der Waals surface area contributed by atoms with Gasteiger partial charge in [-0.15, -0.1) is 0 Å². The van der Waals surface area contributed by atoms with Crippen LogP contribution < -0.4 is 61.2 Å². The first-order chi connectivity index (χ1) is 8.31. The summed E-state index contributed by atoms with van der Waals surface area (Å²) in [6.07, 6.45) is 0.154. The van der Waals surface area contributed by atoms with Gasteiger partial charge in [0.25, 0.3) is 6.04 Å². The van der Waals surface area contributed by atoms with Gasteiger partial charge in [-0.2, -0.15) is 0 Å². The Balaban J connectivity index is 0.00000324. The number of ether oxygens (including phenoxy) is 1. The molecule has 0 heterocycles. The van der Waals surface area contributed by atoms with E-state index in [0.29, 0.717) is 0 Å². The van der Waals surface area contributed by atoms with Crippen molar-refractivity contribution in [2.24, 2.45) is 0 Å². The number of aliphatic carboxylic acids is 1. The molecular formula is C14H16KNO3. The average molecular weight is 285 g/mol. The van der Waals surface area contributed by atoms with Gasteiger partial charge in [-0.1, -0.05) is 12.1 Å². The minimum absolute atomic E-state index is 0. The third kappa shape index (κ3) is 7.09. The summed E-state index contributed by atoms with van der Waals surface area (Å²) in [5, 5.41) is 10.6. The van der Waals surface area contributed by atoms with Crippen molar-refractivity contribution in [1.82, 2.24) is 0 Å². The van der Waals surface area contributed by atoms with Crippen LogP contribution in [0.25, 0.3) is 4.85 Å². The molecule has 1 aromatic rings. The first kappa shape index (κ1) is 18.6. The Kier molecular flexibility index (Phi) is 7.86. The Morgan fingerprint density at radius 1 is 1.37 bits per heavy atom. The molecular weight excluding hydrogens is 269 g/mol. The molecule has 5 heteroatoms. The molecule has 0 aromatic heterocycles.